The summed E-state index contributed by atoms with van der Waals surface area (Å²) in [6.07, 6.45) is 7.16. The average Bonchev–Trinajstić information content (AvgIpc) is 2.58. The molecule has 1 unspecified atom stereocenters. The van der Waals surface area contributed by atoms with Crippen molar-refractivity contribution in [1.82, 2.24) is 0 Å². The SMILES string of the molecule is CC[n+]1cccc(C2CCC[N+]2(C)C)c1. The number of hydrogen-bond donors (Lipinski definition) is 0. The summed E-state index contributed by atoms with van der Waals surface area (Å²) in [4.78, 5) is 0. The Morgan fingerprint density at radius 1 is 1.47 bits per heavy atom. The molecule has 0 spiro atoms. The monoisotopic (exact) mass is 206 g/mol. The first-order chi connectivity index (χ1) is 7.13. The molecule has 2 rings (SSSR count). The number of likely N-dealkylation sites (tertiary alicyclic amines) is 1. The molecule has 1 fully saturated rings. The van der Waals surface area contributed by atoms with Gasteiger partial charge < -0.3 is 4.48 Å². The second-order valence-electron chi connectivity index (χ2n) is 5.13. The lowest BCUT2D eigenvalue weighted by Crippen LogP contribution is -2.40. The molecule has 1 aromatic heterocycles. The Labute approximate surface area is 92.7 Å². The van der Waals surface area contributed by atoms with Crippen molar-refractivity contribution < 1.29 is 9.05 Å². The number of quaternary nitrogens is 1. The highest BCUT2D eigenvalue weighted by atomic mass is 15.3. The maximum Gasteiger partial charge on any atom is 0.177 e. The van der Waals surface area contributed by atoms with Crippen molar-refractivity contribution in [2.75, 3.05) is 20.6 Å². The van der Waals surface area contributed by atoms with E-state index in [-0.39, 0.29) is 0 Å². The Balaban J connectivity index is 2.29. The van der Waals surface area contributed by atoms with Crippen LogP contribution < -0.4 is 4.57 Å². The third kappa shape index (κ3) is 2.05. The molecule has 2 nitrogen and oxygen atoms in total. The second kappa shape index (κ2) is 3.93. The van der Waals surface area contributed by atoms with Crippen molar-refractivity contribution >= 4 is 0 Å². The predicted octanol–water partition coefficient (Wildman–Crippen LogP) is 1.91. The number of pyridine rings is 1. The third-order valence-electron chi connectivity index (χ3n) is 3.69. The number of aromatic nitrogens is 1. The van der Waals surface area contributed by atoms with Crippen LogP contribution in [0.3, 0.4) is 0 Å². The highest BCUT2D eigenvalue weighted by Crippen LogP contribution is 2.34. The minimum atomic E-state index is 0.698. The zero-order valence-corrected chi connectivity index (χ0v) is 10.1. The van der Waals surface area contributed by atoms with E-state index >= 15 is 0 Å². The van der Waals surface area contributed by atoms with Gasteiger partial charge in [0.05, 0.1) is 26.2 Å². The van der Waals surface area contributed by atoms with Gasteiger partial charge in [0.1, 0.15) is 12.6 Å². The van der Waals surface area contributed by atoms with Gasteiger partial charge in [-0.25, -0.2) is 4.57 Å². The van der Waals surface area contributed by atoms with E-state index in [1.165, 1.54) is 24.9 Å². The van der Waals surface area contributed by atoms with Gasteiger partial charge in [-0.3, -0.25) is 0 Å². The van der Waals surface area contributed by atoms with Gasteiger partial charge in [0.2, 0.25) is 0 Å². The fourth-order valence-corrected chi connectivity index (χ4v) is 2.70. The molecule has 0 aromatic carbocycles. The molecule has 0 bridgehead atoms. The summed E-state index contributed by atoms with van der Waals surface area (Å²) in [6, 6.07) is 5.16. The van der Waals surface area contributed by atoms with E-state index in [1.54, 1.807) is 0 Å². The summed E-state index contributed by atoms with van der Waals surface area (Å²) < 4.78 is 3.42. The lowest BCUT2D eigenvalue weighted by molar-refractivity contribution is -0.908. The van der Waals surface area contributed by atoms with Crippen molar-refractivity contribution in [3.05, 3.63) is 30.1 Å². The Bertz CT molecular complexity index is 344. The van der Waals surface area contributed by atoms with Gasteiger partial charge in [0, 0.05) is 18.9 Å². The van der Waals surface area contributed by atoms with Crippen LogP contribution in [-0.4, -0.2) is 25.1 Å². The minimum Gasteiger partial charge on any atom is -0.322 e. The maximum atomic E-state index is 2.35. The number of hydrogen-bond acceptors (Lipinski definition) is 0. The highest BCUT2D eigenvalue weighted by Gasteiger charge is 2.36. The number of aryl methyl sites for hydroxylation is 1. The van der Waals surface area contributed by atoms with Crippen molar-refractivity contribution in [3.8, 4) is 0 Å². The fraction of sp³-hybridized carbons (Fsp3) is 0.615. The second-order valence-corrected chi connectivity index (χ2v) is 5.13. The summed E-state index contributed by atoms with van der Waals surface area (Å²) >= 11 is 0. The molecule has 15 heavy (non-hydrogen) atoms. The first kappa shape index (κ1) is 10.6. The van der Waals surface area contributed by atoms with E-state index in [4.69, 9.17) is 0 Å². The molecule has 1 aromatic rings. The number of nitrogens with zero attached hydrogens (tertiary/aromatic N) is 2. The zero-order chi connectivity index (χ0) is 10.9. The average molecular weight is 206 g/mol. The summed E-state index contributed by atoms with van der Waals surface area (Å²) in [5.74, 6) is 0. The molecular formula is C13H22N2+2. The Kier molecular flexibility index (Phi) is 2.79. The topological polar surface area (TPSA) is 3.88 Å². The molecule has 0 N–H and O–H groups in total. The van der Waals surface area contributed by atoms with Crippen LogP contribution in [0.4, 0.5) is 0 Å². The minimum absolute atomic E-state index is 0.698. The van der Waals surface area contributed by atoms with Crippen molar-refractivity contribution in [2.45, 2.75) is 32.4 Å². The van der Waals surface area contributed by atoms with Crippen molar-refractivity contribution in [2.24, 2.45) is 0 Å². The molecule has 1 aliphatic rings. The molecule has 0 aliphatic carbocycles. The van der Waals surface area contributed by atoms with Gasteiger partial charge >= 0.3 is 0 Å². The lowest BCUT2D eigenvalue weighted by Gasteiger charge is -2.31. The Morgan fingerprint density at radius 3 is 2.87 bits per heavy atom. The molecule has 2 heterocycles. The van der Waals surface area contributed by atoms with E-state index in [9.17, 15) is 0 Å². The molecule has 2 heteroatoms. The van der Waals surface area contributed by atoms with Crippen LogP contribution in [0.2, 0.25) is 0 Å². The van der Waals surface area contributed by atoms with E-state index < -0.39 is 0 Å². The first-order valence-electron chi connectivity index (χ1n) is 5.95. The molecule has 0 saturated carbocycles. The van der Waals surface area contributed by atoms with E-state index in [0.717, 1.165) is 11.0 Å². The van der Waals surface area contributed by atoms with Gasteiger partial charge in [-0.1, -0.05) is 0 Å². The third-order valence-corrected chi connectivity index (χ3v) is 3.69. The van der Waals surface area contributed by atoms with Crippen LogP contribution >= 0.6 is 0 Å². The molecule has 1 atom stereocenters. The van der Waals surface area contributed by atoms with E-state index in [1.807, 2.05) is 0 Å². The van der Waals surface area contributed by atoms with Crippen molar-refractivity contribution in [3.63, 3.8) is 0 Å². The van der Waals surface area contributed by atoms with Gasteiger partial charge in [-0.2, -0.15) is 0 Å². The molecule has 0 amide bonds. The first-order valence-corrected chi connectivity index (χ1v) is 5.95. The molecule has 0 radical (unpaired) electrons. The van der Waals surface area contributed by atoms with Crippen molar-refractivity contribution in [1.29, 1.82) is 0 Å². The summed E-state index contributed by atoms with van der Waals surface area (Å²) in [5.41, 5.74) is 1.50. The van der Waals surface area contributed by atoms with Crippen LogP contribution in [0.25, 0.3) is 0 Å². The van der Waals surface area contributed by atoms with Gasteiger partial charge in [0.15, 0.2) is 12.4 Å². The van der Waals surface area contributed by atoms with Crippen LogP contribution in [0, 0.1) is 0 Å². The van der Waals surface area contributed by atoms with Gasteiger partial charge in [0.25, 0.3) is 0 Å². The van der Waals surface area contributed by atoms with Crippen LogP contribution in [-0.2, 0) is 6.54 Å². The van der Waals surface area contributed by atoms with E-state index in [2.05, 4.69) is 50.1 Å². The van der Waals surface area contributed by atoms with E-state index in [0.29, 0.717) is 6.04 Å². The zero-order valence-electron chi connectivity index (χ0n) is 10.1. The normalized spacial score (nSPS) is 24.3. The van der Waals surface area contributed by atoms with Gasteiger partial charge in [-0.05, 0) is 13.0 Å². The molecule has 1 aliphatic heterocycles. The van der Waals surface area contributed by atoms with Crippen LogP contribution in [0.1, 0.15) is 31.4 Å². The summed E-state index contributed by atoms with van der Waals surface area (Å²) in [5, 5.41) is 0. The lowest BCUT2D eigenvalue weighted by atomic mass is 10.1. The summed E-state index contributed by atoms with van der Waals surface area (Å²) in [7, 11) is 4.70. The highest BCUT2D eigenvalue weighted by molar-refractivity contribution is 5.10. The van der Waals surface area contributed by atoms with Crippen LogP contribution in [0.5, 0.6) is 0 Å². The smallest absolute Gasteiger partial charge is 0.177 e. The molecule has 1 saturated heterocycles. The number of rotatable bonds is 2. The maximum absolute atomic E-state index is 2.35. The standard InChI is InChI=1S/C13H22N2/c1-4-14-9-5-7-12(11-14)13-8-6-10-15(13,2)3/h5,7,9,11,13H,4,6,8,10H2,1-3H3/q+2. The Hall–Kier alpha value is -0.890. The van der Waals surface area contributed by atoms with Crippen LogP contribution in [0.15, 0.2) is 24.5 Å². The Morgan fingerprint density at radius 2 is 2.27 bits per heavy atom. The summed E-state index contributed by atoms with van der Waals surface area (Å²) in [6.45, 7) is 4.57. The predicted molar refractivity (Wildman–Crippen MR) is 61.3 cm³/mol. The largest absolute Gasteiger partial charge is 0.322 e. The quantitative estimate of drug-likeness (QED) is 0.514. The van der Waals surface area contributed by atoms with Gasteiger partial charge in [-0.15, -0.1) is 0 Å². The fourth-order valence-electron chi connectivity index (χ4n) is 2.70. The molecular weight excluding hydrogens is 184 g/mol. The molecule has 82 valence electrons.